The Morgan fingerprint density at radius 3 is 2.44 bits per heavy atom. The quantitative estimate of drug-likeness (QED) is 0.398. The van der Waals surface area contributed by atoms with Gasteiger partial charge in [0.25, 0.3) is 0 Å². The minimum absolute atomic E-state index is 0.0357. The Morgan fingerprint density at radius 1 is 1.04 bits per heavy atom. The molecule has 0 atom stereocenters. The molecule has 1 aromatic heterocycles. The molecule has 3 rings (SSSR count). The third kappa shape index (κ3) is 3.94. The van der Waals surface area contributed by atoms with Gasteiger partial charge in [0.2, 0.25) is 0 Å². The second kappa shape index (κ2) is 7.42. The summed E-state index contributed by atoms with van der Waals surface area (Å²) in [5, 5.41) is -0.283. The topological polar surface area (TPSA) is 48.1 Å². The van der Waals surface area contributed by atoms with Crippen LogP contribution in [0.25, 0.3) is 11.1 Å². The predicted molar refractivity (Wildman–Crippen MR) is 95.2 cm³/mol. The summed E-state index contributed by atoms with van der Waals surface area (Å²) in [6.45, 7) is -0.208. The van der Waals surface area contributed by atoms with Crippen molar-refractivity contribution in [3.8, 4) is 16.9 Å². The molecule has 0 spiro atoms. The van der Waals surface area contributed by atoms with E-state index in [0.717, 1.165) is 23.3 Å². The van der Waals surface area contributed by atoms with Gasteiger partial charge in [0.15, 0.2) is 0 Å². The summed E-state index contributed by atoms with van der Waals surface area (Å²) in [4.78, 5) is 4.27. The summed E-state index contributed by atoms with van der Waals surface area (Å²) in [5.41, 5.74) is 8.04. The van der Waals surface area contributed by atoms with E-state index in [4.69, 9.17) is 22.1 Å². The molecule has 3 aromatic rings. The van der Waals surface area contributed by atoms with Gasteiger partial charge in [-0.25, -0.2) is 0 Å². The van der Waals surface area contributed by atoms with Gasteiger partial charge in [-0.3, -0.25) is 0 Å². The average molecular weight is 421 g/mol. The molecule has 0 unspecified atom stereocenters. The average Bonchev–Trinajstić information content (AvgIpc) is 2.60. The Labute approximate surface area is 157 Å². The van der Waals surface area contributed by atoms with Crippen LogP contribution in [-0.4, -0.2) is 21.8 Å². The summed E-state index contributed by atoms with van der Waals surface area (Å²) in [6, 6.07) is 11.1. The van der Waals surface area contributed by atoms with Crippen LogP contribution in [0.15, 0.2) is 48.7 Å². The summed E-state index contributed by atoms with van der Waals surface area (Å²) < 4.78 is 33.6. The van der Waals surface area contributed by atoms with Crippen LogP contribution in [0.4, 0.5) is 14.5 Å². The van der Waals surface area contributed by atoms with E-state index in [0.29, 0.717) is 15.9 Å². The second-order valence-corrected chi connectivity index (χ2v) is 6.54. The molecule has 3 nitrogen and oxygen atoms in total. The third-order valence-electron chi connectivity index (χ3n) is 3.59. The number of nitrogens with two attached hydrogens (primary N) is 1. The van der Waals surface area contributed by atoms with E-state index in [1.165, 1.54) is 0 Å². The Bertz CT molecular complexity index is 920. The van der Waals surface area contributed by atoms with Crippen LogP contribution < -0.4 is 15.0 Å². The number of ether oxygens (including phenoxy) is 1. The number of rotatable bonds is 4. The van der Waals surface area contributed by atoms with Gasteiger partial charge in [0, 0.05) is 0 Å². The van der Waals surface area contributed by atoms with Gasteiger partial charge in [0.05, 0.1) is 0 Å². The van der Waals surface area contributed by atoms with Crippen molar-refractivity contribution >= 4 is 38.6 Å². The fourth-order valence-corrected chi connectivity index (χ4v) is 2.83. The van der Waals surface area contributed by atoms with Crippen LogP contribution in [0.2, 0.25) is 5.02 Å². The van der Waals surface area contributed by atoms with E-state index in [9.17, 15) is 8.78 Å². The molecule has 0 aliphatic rings. The summed E-state index contributed by atoms with van der Waals surface area (Å²) in [5.74, 6) is -0.877. The number of pyridine rings is 1. The number of halogens is 3. The van der Waals surface area contributed by atoms with Crippen LogP contribution in [-0.2, 0) is 6.61 Å². The van der Waals surface area contributed by atoms with Crippen molar-refractivity contribution in [2.75, 3.05) is 5.73 Å². The van der Waals surface area contributed by atoms with Gasteiger partial charge in [-0.2, -0.15) is 0 Å². The molecule has 0 saturated heterocycles. The first kappa shape index (κ1) is 17.7. The molecular formula is C18H12AsClF2N2O. The molecule has 2 radical (unpaired) electrons. The van der Waals surface area contributed by atoms with E-state index in [-0.39, 0.29) is 17.2 Å². The molecule has 0 saturated carbocycles. The van der Waals surface area contributed by atoms with Crippen LogP contribution in [0.5, 0.6) is 5.75 Å². The fraction of sp³-hybridized carbons (Fsp3) is 0.0556. The number of nitrogens with zero attached hydrogens (tertiary/aromatic N) is 1. The molecule has 0 aliphatic heterocycles. The number of benzene rings is 2. The summed E-state index contributed by atoms with van der Waals surface area (Å²) >= 11 is 8.09. The zero-order valence-corrected chi connectivity index (χ0v) is 15.5. The van der Waals surface area contributed by atoms with E-state index in [1.807, 2.05) is 12.1 Å². The van der Waals surface area contributed by atoms with Crippen LogP contribution in [0.1, 0.15) is 5.56 Å². The van der Waals surface area contributed by atoms with Gasteiger partial charge in [-0.05, 0) is 0 Å². The molecule has 0 amide bonds. The van der Waals surface area contributed by atoms with Gasteiger partial charge < -0.3 is 0 Å². The maximum absolute atomic E-state index is 13.9. The Hall–Kier alpha value is -2.10. The second-order valence-electron chi connectivity index (χ2n) is 5.28. The van der Waals surface area contributed by atoms with Crippen molar-refractivity contribution in [2.45, 2.75) is 6.61 Å². The Kier molecular flexibility index (Phi) is 5.26. The van der Waals surface area contributed by atoms with Crippen LogP contribution in [0, 0.1) is 11.6 Å². The van der Waals surface area contributed by atoms with Crippen LogP contribution >= 0.6 is 11.6 Å². The molecule has 0 bridgehead atoms. The van der Waals surface area contributed by atoms with Gasteiger partial charge in [-0.15, -0.1) is 0 Å². The fourth-order valence-electron chi connectivity index (χ4n) is 2.23. The standard InChI is InChI=1S/C18H12AsClF2N2O/c19-18-16(25-9-13-14(21)5-6-15(22)17(13)20)7-11(8-24-18)10-1-3-12(23)4-2-10/h1-8H,9,23H2. The predicted octanol–water partition coefficient (Wildman–Crippen LogP) is 3.64. The third-order valence-corrected chi connectivity index (χ3v) is 4.70. The van der Waals surface area contributed by atoms with E-state index in [1.54, 1.807) is 24.4 Å². The van der Waals surface area contributed by atoms with E-state index < -0.39 is 11.6 Å². The zero-order valence-electron chi connectivity index (χ0n) is 12.8. The number of hydrogen-bond donors (Lipinski definition) is 1. The first-order valence-corrected chi connectivity index (χ1v) is 8.57. The van der Waals surface area contributed by atoms with Crippen molar-refractivity contribution in [3.63, 3.8) is 0 Å². The molecule has 2 N–H and O–H groups in total. The molecule has 0 fully saturated rings. The first-order chi connectivity index (χ1) is 12.0. The maximum atomic E-state index is 13.9. The van der Waals surface area contributed by atoms with Crippen molar-refractivity contribution in [1.29, 1.82) is 0 Å². The number of hydrogen-bond acceptors (Lipinski definition) is 3. The van der Waals surface area contributed by atoms with Crippen LogP contribution in [0.3, 0.4) is 0 Å². The molecular weight excluding hydrogens is 409 g/mol. The van der Waals surface area contributed by atoms with Crippen molar-refractivity contribution in [1.82, 2.24) is 4.98 Å². The van der Waals surface area contributed by atoms with Gasteiger partial charge in [-0.1, -0.05) is 0 Å². The molecule has 7 heteroatoms. The number of nitrogen functional groups attached to an aromatic ring is 1. The van der Waals surface area contributed by atoms with Gasteiger partial charge in [0.1, 0.15) is 0 Å². The summed E-state index contributed by atoms with van der Waals surface area (Å²) in [7, 11) is 0. The normalized spacial score (nSPS) is 10.7. The molecule has 0 aliphatic carbocycles. The SMILES string of the molecule is Nc1ccc(-c2cnc([As])c(OCc3c(F)ccc(F)c3Cl)c2)cc1. The first-order valence-electron chi connectivity index (χ1n) is 7.26. The molecule has 126 valence electrons. The Balaban J connectivity index is 1.87. The van der Waals surface area contributed by atoms with E-state index >= 15 is 0 Å². The van der Waals surface area contributed by atoms with Crippen molar-refractivity contribution < 1.29 is 13.5 Å². The number of anilines is 1. The van der Waals surface area contributed by atoms with Gasteiger partial charge >= 0.3 is 157 Å². The molecule has 1 heterocycles. The summed E-state index contributed by atoms with van der Waals surface area (Å²) in [6.07, 6.45) is 1.70. The molecule has 2 aromatic carbocycles. The minimum atomic E-state index is -0.692. The monoisotopic (exact) mass is 420 g/mol. The van der Waals surface area contributed by atoms with E-state index in [2.05, 4.69) is 21.8 Å². The van der Waals surface area contributed by atoms with Crippen molar-refractivity contribution in [3.05, 3.63) is 70.9 Å². The Morgan fingerprint density at radius 2 is 1.72 bits per heavy atom. The zero-order chi connectivity index (χ0) is 18.0. The number of aromatic nitrogens is 1. The molecule has 25 heavy (non-hydrogen) atoms. The van der Waals surface area contributed by atoms with Crippen molar-refractivity contribution in [2.24, 2.45) is 0 Å².